The van der Waals surface area contributed by atoms with E-state index in [1.165, 1.54) is 4.68 Å². The fraction of sp³-hybridized carbons (Fsp3) is 0.625. The molecule has 0 saturated heterocycles. The molecule has 0 radical (unpaired) electrons. The maximum Gasteiger partial charge on any atom is 0.405 e. The van der Waals surface area contributed by atoms with E-state index in [9.17, 15) is 13.2 Å². The van der Waals surface area contributed by atoms with Crippen LogP contribution in [0.15, 0.2) is 0 Å². The van der Waals surface area contributed by atoms with Crippen molar-refractivity contribution in [2.75, 3.05) is 17.6 Å². The number of hydrogen-bond acceptors (Lipinski definition) is 3. The van der Waals surface area contributed by atoms with Gasteiger partial charge in [0.25, 0.3) is 0 Å². The molecule has 4 nitrogen and oxygen atoms in total. The topological polar surface area (TPSA) is 55.9 Å². The molecule has 0 aliphatic rings. The van der Waals surface area contributed by atoms with Crippen molar-refractivity contribution in [1.82, 2.24) is 9.78 Å². The van der Waals surface area contributed by atoms with E-state index in [1.807, 2.05) is 6.92 Å². The molecule has 0 spiro atoms. The highest BCUT2D eigenvalue weighted by molar-refractivity contribution is 5.65. The van der Waals surface area contributed by atoms with Crippen LogP contribution < -0.4 is 11.1 Å². The average Bonchev–Trinajstić information content (AvgIpc) is 2.37. The van der Waals surface area contributed by atoms with Crippen molar-refractivity contribution in [3.8, 4) is 0 Å². The SMILES string of the molecule is CCc1nn(C)c(NCC(F)(F)F)c1N. The molecular weight excluding hydrogens is 209 g/mol. The minimum atomic E-state index is -4.26. The maximum absolute atomic E-state index is 12.0. The first-order chi connectivity index (χ1) is 6.85. The summed E-state index contributed by atoms with van der Waals surface area (Å²) in [6.45, 7) is 0.728. The van der Waals surface area contributed by atoms with Crippen LogP contribution in [-0.2, 0) is 13.5 Å². The summed E-state index contributed by atoms with van der Waals surface area (Å²) in [6, 6.07) is 0. The lowest BCUT2D eigenvalue weighted by Gasteiger charge is -2.10. The molecule has 7 heteroatoms. The summed E-state index contributed by atoms with van der Waals surface area (Å²) < 4.78 is 37.2. The van der Waals surface area contributed by atoms with Crippen LogP contribution in [-0.4, -0.2) is 22.5 Å². The van der Waals surface area contributed by atoms with Crippen molar-refractivity contribution >= 4 is 11.5 Å². The zero-order valence-electron chi connectivity index (χ0n) is 8.52. The summed E-state index contributed by atoms with van der Waals surface area (Å²) in [4.78, 5) is 0. The number of nitrogen functional groups attached to an aromatic ring is 1. The van der Waals surface area contributed by atoms with E-state index in [2.05, 4.69) is 10.4 Å². The van der Waals surface area contributed by atoms with Gasteiger partial charge in [0.1, 0.15) is 12.4 Å². The Bertz CT molecular complexity index is 342. The number of aromatic nitrogens is 2. The zero-order valence-corrected chi connectivity index (χ0v) is 8.52. The molecule has 1 aromatic heterocycles. The molecule has 15 heavy (non-hydrogen) atoms. The molecule has 1 aromatic rings. The Kier molecular flexibility index (Phi) is 3.11. The molecule has 0 unspecified atom stereocenters. The number of hydrogen-bond donors (Lipinski definition) is 2. The van der Waals surface area contributed by atoms with E-state index < -0.39 is 12.7 Å². The number of nitrogens with two attached hydrogens (primary N) is 1. The quantitative estimate of drug-likeness (QED) is 0.815. The average molecular weight is 222 g/mol. The van der Waals surface area contributed by atoms with Gasteiger partial charge in [-0.25, -0.2) is 0 Å². The van der Waals surface area contributed by atoms with E-state index in [0.29, 0.717) is 12.1 Å². The van der Waals surface area contributed by atoms with Gasteiger partial charge in [0.15, 0.2) is 0 Å². The highest BCUT2D eigenvalue weighted by Gasteiger charge is 2.27. The fourth-order valence-corrected chi connectivity index (χ4v) is 1.25. The Labute approximate surface area is 85.2 Å². The normalized spacial score (nSPS) is 11.8. The number of anilines is 2. The molecule has 86 valence electrons. The summed E-state index contributed by atoms with van der Waals surface area (Å²) in [5.74, 6) is 0.212. The number of halogens is 3. The van der Waals surface area contributed by atoms with Gasteiger partial charge in [-0.1, -0.05) is 6.92 Å². The number of aryl methyl sites for hydroxylation is 2. The first-order valence-electron chi connectivity index (χ1n) is 4.47. The smallest absolute Gasteiger partial charge is 0.394 e. The summed E-state index contributed by atoms with van der Waals surface area (Å²) in [5.41, 5.74) is 6.51. The van der Waals surface area contributed by atoms with Crippen molar-refractivity contribution in [2.24, 2.45) is 7.05 Å². The second-order valence-electron chi connectivity index (χ2n) is 3.15. The third-order valence-corrected chi connectivity index (χ3v) is 1.95. The first kappa shape index (κ1) is 11.7. The predicted octanol–water partition coefficient (Wildman–Crippen LogP) is 1.54. The summed E-state index contributed by atoms with van der Waals surface area (Å²) >= 11 is 0. The van der Waals surface area contributed by atoms with E-state index in [-0.39, 0.29) is 11.5 Å². The van der Waals surface area contributed by atoms with Crippen LogP contribution in [0.5, 0.6) is 0 Å². The van der Waals surface area contributed by atoms with Crippen molar-refractivity contribution in [2.45, 2.75) is 19.5 Å². The van der Waals surface area contributed by atoms with Crippen LogP contribution in [0.3, 0.4) is 0 Å². The lowest BCUT2D eigenvalue weighted by molar-refractivity contribution is -0.115. The van der Waals surface area contributed by atoms with Crippen molar-refractivity contribution in [3.63, 3.8) is 0 Å². The molecule has 0 bridgehead atoms. The summed E-state index contributed by atoms with van der Waals surface area (Å²) in [6.07, 6.45) is -3.67. The van der Waals surface area contributed by atoms with Gasteiger partial charge in [0, 0.05) is 7.05 Å². The third-order valence-electron chi connectivity index (χ3n) is 1.95. The van der Waals surface area contributed by atoms with Gasteiger partial charge in [-0.05, 0) is 6.42 Å². The summed E-state index contributed by atoms with van der Waals surface area (Å²) in [7, 11) is 1.55. The zero-order chi connectivity index (χ0) is 11.6. The van der Waals surface area contributed by atoms with Crippen molar-refractivity contribution in [1.29, 1.82) is 0 Å². The second kappa shape index (κ2) is 4.00. The maximum atomic E-state index is 12.0. The Hall–Kier alpha value is -1.40. The molecule has 1 heterocycles. The second-order valence-corrected chi connectivity index (χ2v) is 3.15. The van der Waals surface area contributed by atoms with Gasteiger partial charge >= 0.3 is 6.18 Å². The van der Waals surface area contributed by atoms with Crippen LogP contribution >= 0.6 is 0 Å². The monoisotopic (exact) mass is 222 g/mol. The van der Waals surface area contributed by atoms with Crippen LogP contribution in [0.4, 0.5) is 24.7 Å². The molecular formula is C8H13F3N4. The van der Waals surface area contributed by atoms with Gasteiger partial charge in [0.2, 0.25) is 0 Å². The molecule has 0 atom stereocenters. The molecule has 0 aromatic carbocycles. The van der Waals surface area contributed by atoms with Gasteiger partial charge < -0.3 is 11.1 Å². The highest BCUT2D eigenvalue weighted by atomic mass is 19.4. The lowest BCUT2D eigenvalue weighted by atomic mass is 10.3. The van der Waals surface area contributed by atoms with Gasteiger partial charge in [-0.15, -0.1) is 0 Å². The molecule has 3 N–H and O–H groups in total. The fourth-order valence-electron chi connectivity index (χ4n) is 1.25. The van der Waals surface area contributed by atoms with Crippen molar-refractivity contribution in [3.05, 3.63) is 5.69 Å². The number of alkyl halides is 3. The molecule has 0 amide bonds. The van der Waals surface area contributed by atoms with Crippen LogP contribution in [0, 0.1) is 0 Å². The van der Waals surface area contributed by atoms with Crippen LogP contribution in [0.1, 0.15) is 12.6 Å². The van der Waals surface area contributed by atoms with E-state index in [1.54, 1.807) is 7.05 Å². The number of nitrogens with zero attached hydrogens (tertiary/aromatic N) is 2. The largest absolute Gasteiger partial charge is 0.405 e. The van der Waals surface area contributed by atoms with E-state index >= 15 is 0 Å². The molecule has 0 aliphatic heterocycles. The minimum absolute atomic E-state index is 0.212. The molecule has 0 saturated carbocycles. The lowest BCUT2D eigenvalue weighted by Crippen LogP contribution is -2.22. The van der Waals surface area contributed by atoms with Gasteiger partial charge in [-0.3, -0.25) is 4.68 Å². The molecule has 1 rings (SSSR count). The van der Waals surface area contributed by atoms with Crippen LogP contribution in [0.25, 0.3) is 0 Å². The molecule has 0 aliphatic carbocycles. The highest BCUT2D eigenvalue weighted by Crippen LogP contribution is 2.24. The van der Waals surface area contributed by atoms with Crippen molar-refractivity contribution < 1.29 is 13.2 Å². The van der Waals surface area contributed by atoms with Gasteiger partial charge in [0.05, 0.1) is 11.4 Å². The number of rotatable bonds is 3. The molecule has 0 fully saturated rings. The number of nitrogens with one attached hydrogen (secondary N) is 1. The Balaban J connectivity index is 2.81. The van der Waals surface area contributed by atoms with E-state index in [4.69, 9.17) is 5.73 Å². The van der Waals surface area contributed by atoms with E-state index in [0.717, 1.165) is 0 Å². The minimum Gasteiger partial charge on any atom is -0.394 e. The Morgan fingerprint density at radius 2 is 2.07 bits per heavy atom. The standard InChI is InChI=1S/C8H13F3N4/c1-3-5-6(12)7(15(2)14-5)13-4-8(9,10)11/h13H,3-4,12H2,1-2H3. The Morgan fingerprint density at radius 1 is 1.47 bits per heavy atom. The van der Waals surface area contributed by atoms with Gasteiger partial charge in [-0.2, -0.15) is 18.3 Å². The summed E-state index contributed by atoms with van der Waals surface area (Å²) in [5, 5.41) is 6.22. The van der Waals surface area contributed by atoms with Crippen LogP contribution in [0.2, 0.25) is 0 Å². The first-order valence-corrected chi connectivity index (χ1v) is 4.47. The third kappa shape index (κ3) is 2.77. The predicted molar refractivity (Wildman–Crippen MR) is 51.5 cm³/mol. The Morgan fingerprint density at radius 3 is 2.47 bits per heavy atom.